The molecule has 0 saturated carbocycles. The maximum Gasteiger partial charge on any atom is 0.271 e. The van der Waals surface area contributed by atoms with Gasteiger partial charge in [-0.25, -0.2) is 4.68 Å². The van der Waals surface area contributed by atoms with E-state index in [9.17, 15) is 4.79 Å². The van der Waals surface area contributed by atoms with Crippen LogP contribution in [0.15, 0.2) is 35.1 Å². The monoisotopic (exact) mass is 287 g/mol. The summed E-state index contributed by atoms with van der Waals surface area (Å²) in [5.74, 6) is 0.755. The Labute approximate surface area is 124 Å². The van der Waals surface area contributed by atoms with Crippen LogP contribution < -0.4 is 16.0 Å². The van der Waals surface area contributed by atoms with Crippen LogP contribution in [0.4, 0.5) is 0 Å². The van der Waals surface area contributed by atoms with Gasteiger partial charge < -0.3 is 10.5 Å². The Morgan fingerprint density at radius 2 is 2.14 bits per heavy atom. The SMILES string of the molecule is CCCn1nc(-c2cccc(OC)c2)cc(C(C)N)c1=O. The average molecular weight is 287 g/mol. The second kappa shape index (κ2) is 6.54. The summed E-state index contributed by atoms with van der Waals surface area (Å²) in [5, 5.41) is 4.44. The van der Waals surface area contributed by atoms with Crippen molar-refractivity contribution in [3.63, 3.8) is 0 Å². The Hall–Kier alpha value is -2.14. The third kappa shape index (κ3) is 3.31. The Balaban J connectivity index is 2.59. The van der Waals surface area contributed by atoms with Gasteiger partial charge in [-0.2, -0.15) is 5.10 Å². The lowest BCUT2D eigenvalue weighted by atomic mass is 10.1. The summed E-state index contributed by atoms with van der Waals surface area (Å²) in [7, 11) is 1.62. The highest BCUT2D eigenvalue weighted by molar-refractivity contribution is 5.61. The molecule has 1 aromatic heterocycles. The third-order valence-corrected chi connectivity index (χ3v) is 3.29. The number of aryl methyl sites for hydroxylation is 1. The van der Waals surface area contributed by atoms with Crippen molar-refractivity contribution in [1.29, 1.82) is 0 Å². The summed E-state index contributed by atoms with van der Waals surface area (Å²) in [6, 6.07) is 9.06. The Bertz CT molecular complexity index is 677. The number of nitrogens with two attached hydrogens (primary N) is 1. The zero-order valence-corrected chi connectivity index (χ0v) is 12.7. The van der Waals surface area contributed by atoms with E-state index in [-0.39, 0.29) is 11.6 Å². The topological polar surface area (TPSA) is 70.1 Å². The molecule has 0 radical (unpaired) electrons. The van der Waals surface area contributed by atoms with Crippen LogP contribution in [0.2, 0.25) is 0 Å². The van der Waals surface area contributed by atoms with Gasteiger partial charge in [0.15, 0.2) is 0 Å². The van der Waals surface area contributed by atoms with Gasteiger partial charge in [-0.3, -0.25) is 4.79 Å². The van der Waals surface area contributed by atoms with Crippen molar-refractivity contribution in [2.75, 3.05) is 7.11 Å². The van der Waals surface area contributed by atoms with Gasteiger partial charge in [0.25, 0.3) is 5.56 Å². The van der Waals surface area contributed by atoms with Crippen molar-refractivity contribution in [2.45, 2.75) is 32.9 Å². The number of rotatable bonds is 5. The molecule has 1 heterocycles. The highest BCUT2D eigenvalue weighted by Crippen LogP contribution is 2.22. The third-order valence-electron chi connectivity index (χ3n) is 3.29. The van der Waals surface area contributed by atoms with Crippen LogP contribution in [0.1, 0.15) is 31.9 Å². The fourth-order valence-corrected chi connectivity index (χ4v) is 2.18. The van der Waals surface area contributed by atoms with E-state index in [4.69, 9.17) is 10.5 Å². The van der Waals surface area contributed by atoms with Gasteiger partial charge in [0.2, 0.25) is 0 Å². The van der Waals surface area contributed by atoms with E-state index in [0.717, 1.165) is 23.4 Å². The van der Waals surface area contributed by atoms with Crippen LogP contribution in [0.5, 0.6) is 5.75 Å². The molecule has 5 nitrogen and oxygen atoms in total. The van der Waals surface area contributed by atoms with E-state index < -0.39 is 0 Å². The van der Waals surface area contributed by atoms with E-state index in [1.807, 2.05) is 38.1 Å². The molecule has 0 spiro atoms. The molecule has 0 aliphatic rings. The van der Waals surface area contributed by atoms with Crippen molar-refractivity contribution < 1.29 is 4.74 Å². The van der Waals surface area contributed by atoms with E-state index in [1.54, 1.807) is 13.2 Å². The zero-order valence-electron chi connectivity index (χ0n) is 12.7. The van der Waals surface area contributed by atoms with Crippen molar-refractivity contribution >= 4 is 0 Å². The number of methoxy groups -OCH3 is 1. The molecule has 0 fully saturated rings. The van der Waals surface area contributed by atoms with Crippen LogP contribution in [-0.4, -0.2) is 16.9 Å². The quantitative estimate of drug-likeness (QED) is 0.916. The molecule has 0 amide bonds. The van der Waals surface area contributed by atoms with Crippen molar-refractivity contribution in [3.8, 4) is 17.0 Å². The molecule has 2 rings (SSSR count). The van der Waals surface area contributed by atoms with E-state index in [0.29, 0.717) is 12.1 Å². The molecule has 2 N–H and O–H groups in total. The minimum absolute atomic E-state index is 0.113. The zero-order chi connectivity index (χ0) is 15.4. The Morgan fingerprint density at radius 3 is 2.76 bits per heavy atom. The lowest BCUT2D eigenvalue weighted by Crippen LogP contribution is -2.29. The fourth-order valence-electron chi connectivity index (χ4n) is 2.18. The van der Waals surface area contributed by atoms with Gasteiger partial charge in [-0.05, 0) is 31.5 Å². The second-order valence-corrected chi connectivity index (χ2v) is 5.03. The van der Waals surface area contributed by atoms with Gasteiger partial charge in [-0.1, -0.05) is 19.1 Å². The molecular formula is C16H21N3O2. The molecule has 1 atom stereocenters. The van der Waals surface area contributed by atoms with Gasteiger partial charge >= 0.3 is 0 Å². The molecule has 21 heavy (non-hydrogen) atoms. The van der Waals surface area contributed by atoms with E-state index in [1.165, 1.54) is 4.68 Å². The fraction of sp³-hybridized carbons (Fsp3) is 0.375. The second-order valence-electron chi connectivity index (χ2n) is 5.03. The minimum atomic E-state index is -0.326. The standard InChI is InChI=1S/C16H21N3O2/c1-4-8-19-16(20)14(11(2)17)10-15(18-19)12-6-5-7-13(9-12)21-3/h5-7,9-11H,4,8,17H2,1-3H3. The van der Waals surface area contributed by atoms with Crippen LogP contribution >= 0.6 is 0 Å². The Kier molecular flexibility index (Phi) is 4.75. The minimum Gasteiger partial charge on any atom is -0.497 e. The summed E-state index contributed by atoms with van der Waals surface area (Å²) in [5.41, 5.74) is 8.02. The number of ether oxygens (including phenoxy) is 1. The molecule has 0 aliphatic heterocycles. The van der Waals surface area contributed by atoms with Gasteiger partial charge in [-0.15, -0.1) is 0 Å². The van der Waals surface area contributed by atoms with Gasteiger partial charge in [0.05, 0.1) is 12.8 Å². The highest BCUT2D eigenvalue weighted by Gasteiger charge is 2.13. The average Bonchev–Trinajstić information content (AvgIpc) is 2.49. The molecule has 2 aromatic rings. The molecular weight excluding hydrogens is 266 g/mol. The van der Waals surface area contributed by atoms with Crippen molar-refractivity contribution in [1.82, 2.24) is 9.78 Å². The maximum atomic E-state index is 12.3. The number of benzene rings is 1. The lowest BCUT2D eigenvalue weighted by Gasteiger charge is -2.12. The largest absolute Gasteiger partial charge is 0.497 e. The number of hydrogen-bond acceptors (Lipinski definition) is 4. The normalized spacial score (nSPS) is 12.2. The molecule has 1 unspecified atom stereocenters. The molecule has 1 aromatic carbocycles. The highest BCUT2D eigenvalue weighted by atomic mass is 16.5. The summed E-state index contributed by atoms with van der Waals surface area (Å²) in [4.78, 5) is 12.3. The van der Waals surface area contributed by atoms with E-state index >= 15 is 0 Å². The predicted octanol–water partition coefficient (Wildman–Crippen LogP) is 2.35. The molecule has 0 aliphatic carbocycles. The predicted molar refractivity (Wildman–Crippen MR) is 83.4 cm³/mol. The smallest absolute Gasteiger partial charge is 0.271 e. The maximum absolute atomic E-state index is 12.3. The first-order chi connectivity index (χ1) is 10.1. The lowest BCUT2D eigenvalue weighted by molar-refractivity contribution is 0.415. The van der Waals surface area contributed by atoms with Gasteiger partial charge in [0, 0.05) is 23.7 Å². The van der Waals surface area contributed by atoms with Crippen LogP contribution in [0.25, 0.3) is 11.3 Å². The first kappa shape index (κ1) is 15.3. The molecule has 0 saturated heterocycles. The summed E-state index contributed by atoms with van der Waals surface area (Å²) < 4.78 is 6.73. The van der Waals surface area contributed by atoms with Crippen molar-refractivity contribution in [3.05, 3.63) is 46.2 Å². The van der Waals surface area contributed by atoms with E-state index in [2.05, 4.69) is 5.10 Å². The summed E-state index contributed by atoms with van der Waals surface area (Å²) in [6.45, 7) is 4.40. The first-order valence-electron chi connectivity index (χ1n) is 7.09. The van der Waals surface area contributed by atoms with Crippen LogP contribution in [-0.2, 0) is 6.54 Å². The molecule has 5 heteroatoms. The molecule has 112 valence electrons. The summed E-state index contributed by atoms with van der Waals surface area (Å²) in [6.07, 6.45) is 0.840. The van der Waals surface area contributed by atoms with Crippen molar-refractivity contribution in [2.24, 2.45) is 5.73 Å². The number of nitrogens with zero attached hydrogens (tertiary/aromatic N) is 2. The van der Waals surface area contributed by atoms with Gasteiger partial charge in [0.1, 0.15) is 5.75 Å². The first-order valence-corrected chi connectivity index (χ1v) is 7.09. The summed E-state index contributed by atoms with van der Waals surface area (Å²) >= 11 is 0. The number of hydrogen-bond donors (Lipinski definition) is 1. The van der Waals surface area contributed by atoms with Crippen LogP contribution in [0, 0.1) is 0 Å². The Morgan fingerprint density at radius 1 is 1.38 bits per heavy atom. The van der Waals surface area contributed by atoms with Crippen LogP contribution in [0.3, 0.4) is 0 Å². The molecule has 0 bridgehead atoms. The number of aromatic nitrogens is 2.